The normalized spacial score (nSPS) is 20.6. The van der Waals surface area contributed by atoms with Crippen LogP contribution in [0, 0.1) is 0 Å². The van der Waals surface area contributed by atoms with Crippen molar-refractivity contribution in [3.05, 3.63) is 22.8 Å². The second-order valence-corrected chi connectivity index (χ2v) is 5.09. The highest BCUT2D eigenvalue weighted by molar-refractivity contribution is 6.29. The van der Waals surface area contributed by atoms with Gasteiger partial charge in [0, 0.05) is 12.6 Å². The minimum atomic E-state index is -0.953. The van der Waals surface area contributed by atoms with Crippen molar-refractivity contribution in [3.8, 4) is 0 Å². The molecule has 98 valence electrons. The van der Waals surface area contributed by atoms with Crippen molar-refractivity contribution in [1.82, 2.24) is 4.98 Å². The lowest BCUT2D eigenvalue weighted by Crippen LogP contribution is -2.34. The maximum absolute atomic E-state index is 11.3. The zero-order valence-electron chi connectivity index (χ0n) is 10.4. The van der Waals surface area contributed by atoms with Crippen molar-refractivity contribution < 1.29 is 9.90 Å². The molecule has 5 heteroatoms. The summed E-state index contributed by atoms with van der Waals surface area (Å²) in [5.41, 5.74) is 0.230. The summed E-state index contributed by atoms with van der Waals surface area (Å²) >= 11 is 5.90. The van der Waals surface area contributed by atoms with Gasteiger partial charge >= 0.3 is 5.97 Å². The summed E-state index contributed by atoms with van der Waals surface area (Å²) in [4.78, 5) is 17.6. The van der Waals surface area contributed by atoms with Gasteiger partial charge in [0.05, 0.1) is 0 Å². The quantitative estimate of drug-likeness (QED) is 0.837. The maximum atomic E-state index is 11.3. The predicted octanol–water partition coefficient (Wildman–Crippen LogP) is 3.20. The summed E-state index contributed by atoms with van der Waals surface area (Å²) < 4.78 is 0. The van der Waals surface area contributed by atoms with Crippen molar-refractivity contribution in [1.29, 1.82) is 0 Å². The van der Waals surface area contributed by atoms with Crippen LogP contribution in [0.1, 0.15) is 43.0 Å². The zero-order chi connectivity index (χ0) is 13.1. The molecular weight excluding hydrogens is 252 g/mol. The number of hydrogen-bond donors (Lipinski definition) is 1. The maximum Gasteiger partial charge on any atom is 0.339 e. The third-order valence-electron chi connectivity index (χ3n) is 3.40. The van der Waals surface area contributed by atoms with E-state index >= 15 is 0 Å². The van der Waals surface area contributed by atoms with Gasteiger partial charge < -0.3 is 10.0 Å². The molecule has 18 heavy (non-hydrogen) atoms. The van der Waals surface area contributed by atoms with Crippen LogP contribution >= 0.6 is 11.6 Å². The zero-order valence-corrected chi connectivity index (χ0v) is 11.2. The molecule has 1 aliphatic rings. The Balaban J connectivity index is 2.40. The van der Waals surface area contributed by atoms with Gasteiger partial charge in [0.25, 0.3) is 0 Å². The highest BCUT2D eigenvalue weighted by Crippen LogP contribution is 2.27. The highest BCUT2D eigenvalue weighted by Gasteiger charge is 2.23. The first-order valence-electron chi connectivity index (χ1n) is 6.26. The lowest BCUT2D eigenvalue weighted by molar-refractivity contribution is 0.0697. The van der Waals surface area contributed by atoms with E-state index in [2.05, 4.69) is 16.8 Å². The summed E-state index contributed by atoms with van der Waals surface area (Å²) in [5, 5.41) is 9.57. The van der Waals surface area contributed by atoms with Gasteiger partial charge in [-0.3, -0.25) is 0 Å². The van der Waals surface area contributed by atoms with E-state index in [1.807, 2.05) is 0 Å². The standard InChI is InChI=1S/C13H17ClN2O2/c1-9-5-3-2-4-8-16(9)12-10(13(17)18)6-7-11(14)15-12/h6-7,9H,2-5,8H2,1H3,(H,17,18). The number of anilines is 1. The van der Waals surface area contributed by atoms with Crippen LogP contribution in [0.2, 0.25) is 5.15 Å². The van der Waals surface area contributed by atoms with Gasteiger partial charge in [-0.05, 0) is 31.9 Å². The lowest BCUT2D eigenvalue weighted by Gasteiger charge is -2.29. The molecule has 2 rings (SSSR count). The largest absolute Gasteiger partial charge is 0.478 e. The minimum absolute atomic E-state index is 0.230. The van der Waals surface area contributed by atoms with Crippen molar-refractivity contribution in [2.75, 3.05) is 11.4 Å². The first-order chi connectivity index (χ1) is 8.59. The number of aromatic nitrogens is 1. The molecule has 1 atom stereocenters. The van der Waals surface area contributed by atoms with Crippen LogP contribution in [0.3, 0.4) is 0 Å². The number of halogens is 1. The molecule has 0 spiro atoms. The van der Waals surface area contributed by atoms with Crippen LogP contribution in [0.25, 0.3) is 0 Å². The molecule has 1 aromatic rings. The summed E-state index contributed by atoms with van der Waals surface area (Å²) in [6.07, 6.45) is 4.50. The van der Waals surface area contributed by atoms with E-state index in [0.29, 0.717) is 17.0 Å². The Labute approximate surface area is 112 Å². The van der Waals surface area contributed by atoms with Crippen molar-refractivity contribution in [2.24, 2.45) is 0 Å². The van der Waals surface area contributed by atoms with Crippen LogP contribution < -0.4 is 4.90 Å². The number of pyridine rings is 1. The third kappa shape index (κ3) is 2.75. The second kappa shape index (κ2) is 5.57. The molecule has 1 aliphatic heterocycles. The van der Waals surface area contributed by atoms with E-state index in [9.17, 15) is 9.90 Å². The Morgan fingerprint density at radius 1 is 1.44 bits per heavy atom. The van der Waals surface area contributed by atoms with E-state index in [-0.39, 0.29) is 5.56 Å². The number of carboxylic acid groups (broad SMARTS) is 1. The Kier molecular flexibility index (Phi) is 4.07. The fourth-order valence-corrected chi connectivity index (χ4v) is 2.54. The Hall–Kier alpha value is -1.29. The van der Waals surface area contributed by atoms with Crippen molar-refractivity contribution in [3.63, 3.8) is 0 Å². The van der Waals surface area contributed by atoms with E-state index in [0.717, 1.165) is 19.4 Å². The molecule has 1 fully saturated rings. The molecule has 0 saturated carbocycles. The average molecular weight is 269 g/mol. The van der Waals surface area contributed by atoms with E-state index < -0.39 is 5.97 Å². The van der Waals surface area contributed by atoms with E-state index in [4.69, 9.17) is 11.6 Å². The van der Waals surface area contributed by atoms with Gasteiger partial charge in [-0.1, -0.05) is 24.4 Å². The number of aromatic carboxylic acids is 1. The van der Waals surface area contributed by atoms with Gasteiger partial charge in [-0.2, -0.15) is 0 Å². The molecule has 4 nitrogen and oxygen atoms in total. The van der Waals surface area contributed by atoms with E-state index in [1.165, 1.54) is 25.0 Å². The Morgan fingerprint density at radius 2 is 2.22 bits per heavy atom. The number of carboxylic acids is 1. The van der Waals surface area contributed by atoms with Gasteiger partial charge in [-0.15, -0.1) is 0 Å². The fourth-order valence-electron chi connectivity index (χ4n) is 2.40. The highest BCUT2D eigenvalue weighted by atomic mass is 35.5. The molecule has 0 amide bonds. The summed E-state index contributed by atoms with van der Waals surface area (Å²) in [6.45, 7) is 2.95. The molecule has 1 unspecified atom stereocenters. The number of nitrogens with zero attached hydrogens (tertiary/aromatic N) is 2. The van der Waals surface area contributed by atoms with Crippen LogP contribution in [-0.2, 0) is 0 Å². The van der Waals surface area contributed by atoms with Gasteiger partial charge in [-0.25, -0.2) is 9.78 Å². The number of carbonyl (C=O) groups is 1. The monoisotopic (exact) mass is 268 g/mol. The molecule has 1 N–H and O–H groups in total. The van der Waals surface area contributed by atoms with Gasteiger partial charge in [0.2, 0.25) is 0 Å². The van der Waals surface area contributed by atoms with Crippen LogP contribution in [-0.4, -0.2) is 28.6 Å². The Bertz CT molecular complexity index is 451. The fraction of sp³-hybridized carbons (Fsp3) is 0.538. The third-order valence-corrected chi connectivity index (χ3v) is 3.61. The number of hydrogen-bond acceptors (Lipinski definition) is 3. The minimum Gasteiger partial charge on any atom is -0.478 e. The summed E-state index contributed by atoms with van der Waals surface area (Å²) in [5.74, 6) is -0.449. The SMILES string of the molecule is CC1CCCCCN1c1nc(Cl)ccc1C(=O)O. The van der Waals surface area contributed by atoms with Gasteiger partial charge in [0.1, 0.15) is 16.5 Å². The molecule has 0 radical (unpaired) electrons. The molecule has 0 aromatic carbocycles. The average Bonchev–Trinajstić information content (AvgIpc) is 2.53. The molecule has 0 aliphatic carbocycles. The van der Waals surface area contributed by atoms with Gasteiger partial charge in [0.15, 0.2) is 0 Å². The van der Waals surface area contributed by atoms with Crippen LogP contribution in [0.15, 0.2) is 12.1 Å². The first-order valence-corrected chi connectivity index (χ1v) is 6.64. The van der Waals surface area contributed by atoms with Crippen molar-refractivity contribution in [2.45, 2.75) is 38.6 Å². The molecule has 0 bridgehead atoms. The molecule has 1 saturated heterocycles. The van der Waals surface area contributed by atoms with E-state index in [1.54, 1.807) is 0 Å². The lowest BCUT2D eigenvalue weighted by atomic mass is 10.1. The van der Waals surface area contributed by atoms with Crippen LogP contribution in [0.4, 0.5) is 5.82 Å². The summed E-state index contributed by atoms with van der Waals surface area (Å²) in [7, 11) is 0. The van der Waals surface area contributed by atoms with Crippen LogP contribution in [0.5, 0.6) is 0 Å². The second-order valence-electron chi connectivity index (χ2n) is 4.70. The smallest absolute Gasteiger partial charge is 0.339 e. The first kappa shape index (κ1) is 13.1. The van der Waals surface area contributed by atoms with Crippen molar-refractivity contribution >= 4 is 23.4 Å². The topological polar surface area (TPSA) is 53.4 Å². The molecule has 1 aromatic heterocycles. The number of rotatable bonds is 2. The predicted molar refractivity (Wildman–Crippen MR) is 71.5 cm³/mol. The molecule has 2 heterocycles. The Morgan fingerprint density at radius 3 is 2.94 bits per heavy atom. The molecular formula is C13H17ClN2O2. The summed E-state index contributed by atoms with van der Waals surface area (Å²) in [6, 6.07) is 3.36.